The summed E-state index contributed by atoms with van der Waals surface area (Å²) in [5.74, 6) is 6.63. The molecule has 4 aromatic carbocycles. The van der Waals surface area contributed by atoms with E-state index in [1.165, 1.54) is 21.8 Å². The van der Waals surface area contributed by atoms with Crippen LogP contribution in [-0.2, 0) is 0 Å². The number of hydrogen-bond donors (Lipinski definition) is 0. The maximum absolute atomic E-state index is 5.52. The zero-order valence-corrected chi connectivity index (χ0v) is 18.1. The van der Waals surface area contributed by atoms with Gasteiger partial charge < -0.3 is 8.98 Å². The summed E-state index contributed by atoms with van der Waals surface area (Å²) in [7, 11) is 0. The van der Waals surface area contributed by atoms with Gasteiger partial charge in [0.15, 0.2) is 0 Å². The molecule has 0 N–H and O–H groups in total. The molecule has 6 rings (SSSR count). The van der Waals surface area contributed by atoms with Crippen LogP contribution in [0.2, 0.25) is 0 Å². The van der Waals surface area contributed by atoms with Gasteiger partial charge in [-0.05, 0) is 70.5 Å². The Hall–Kier alpha value is -3.74. The summed E-state index contributed by atoms with van der Waals surface area (Å²) in [6.45, 7) is 0. The molecule has 0 amide bonds. The lowest BCUT2D eigenvalue weighted by atomic mass is 10.1. The van der Waals surface area contributed by atoms with Gasteiger partial charge in [0, 0.05) is 37.4 Å². The smallest absolute Gasteiger partial charge is 0.135 e. The van der Waals surface area contributed by atoms with Gasteiger partial charge in [-0.15, -0.1) is 0 Å². The number of rotatable bonds is 1. The topological polar surface area (TPSA) is 18.1 Å². The molecule has 0 saturated heterocycles. The first-order valence-corrected chi connectivity index (χ1v) is 10.8. The fourth-order valence-electron chi connectivity index (χ4n) is 4.12. The van der Waals surface area contributed by atoms with Gasteiger partial charge in [0.2, 0.25) is 0 Å². The Labute approximate surface area is 187 Å². The van der Waals surface area contributed by atoms with Crippen molar-refractivity contribution in [1.82, 2.24) is 4.57 Å². The van der Waals surface area contributed by atoms with Gasteiger partial charge in [-0.3, -0.25) is 0 Å². The molecule has 2 heterocycles. The summed E-state index contributed by atoms with van der Waals surface area (Å²) in [6, 6.07) is 31.4. The lowest BCUT2D eigenvalue weighted by Gasteiger charge is -2.07. The summed E-state index contributed by atoms with van der Waals surface area (Å²) < 4.78 is 8.80. The maximum atomic E-state index is 5.52. The van der Waals surface area contributed by atoms with Crippen molar-refractivity contribution in [2.75, 3.05) is 0 Å². The number of nitrogens with zero attached hydrogens (tertiary/aromatic N) is 1. The molecule has 0 unspecified atom stereocenters. The molecule has 0 atom stereocenters. The number of fused-ring (bicyclic) bond motifs is 4. The highest BCUT2D eigenvalue weighted by Gasteiger charge is 2.12. The minimum absolute atomic E-state index is 0.842. The van der Waals surface area contributed by atoms with Gasteiger partial charge in [-0.25, -0.2) is 0 Å². The van der Waals surface area contributed by atoms with Crippen molar-refractivity contribution in [2.24, 2.45) is 0 Å². The molecule has 0 aliphatic rings. The van der Waals surface area contributed by atoms with E-state index in [0.29, 0.717) is 0 Å². The second-order valence-electron chi connectivity index (χ2n) is 7.46. The van der Waals surface area contributed by atoms with Crippen molar-refractivity contribution in [2.45, 2.75) is 0 Å². The van der Waals surface area contributed by atoms with E-state index < -0.39 is 0 Å². The summed E-state index contributed by atoms with van der Waals surface area (Å²) in [5, 5.41) is 3.49. The number of benzene rings is 4. The Morgan fingerprint density at radius 1 is 0.710 bits per heavy atom. The third kappa shape index (κ3) is 3.04. The molecule has 2 nitrogen and oxygen atoms in total. The SMILES string of the molecule is Brc1cc2ccoc2cc1C#Cc1ccc2c(c1)c1ccccc1n2-c1ccccc1. The normalized spacial score (nSPS) is 11.1. The molecule has 0 bridgehead atoms. The molecule has 6 aromatic rings. The maximum Gasteiger partial charge on any atom is 0.135 e. The molecule has 0 saturated carbocycles. The second kappa shape index (κ2) is 7.19. The summed E-state index contributed by atoms with van der Waals surface area (Å²) >= 11 is 3.63. The van der Waals surface area contributed by atoms with Gasteiger partial charge in [0.1, 0.15) is 5.58 Å². The zero-order valence-electron chi connectivity index (χ0n) is 16.5. The van der Waals surface area contributed by atoms with Crippen LogP contribution < -0.4 is 0 Å². The predicted molar refractivity (Wildman–Crippen MR) is 131 cm³/mol. The minimum atomic E-state index is 0.842. The number of hydrogen-bond acceptors (Lipinski definition) is 1. The second-order valence-corrected chi connectivity index (χ2v) is 8.31. The predicted octanol–water partition coefficient (Wildman–Crippen LogP) is 7.69. The highest BCUT2D eigenvalue weighted by atomic mass is 79.9. The average Bonchev–Trinajstić information content (AvgIpc) is 3.39. The first-order valence-electron chi connectivity index (χ1n) is 10.1. The summed E-state index contributed by atoms with van der Waals surface area (Å²) in [6.07, 6.45) is 1.70. The van der Waals surface area contributed by atoms with E-state index in [0.717, 1.165) is 32.3 Å². The van der Waals surface area contributed by atoms with Gasteiger partial charge >= 0.3 is 0 Å². The number of para-hydroxylation sites is 2. The third-order valence-corrected chi connectivity index (χ3v) is 6.23. The molecular weight excluding hydrogens is 446 g/mol. The van der Waals surface area contributed by atoms with Crippen LogP contribution in [0.1, 0.15) is 11.1 Å². The quantitative estimate of drug-likeness (QED) is 0.229. The molecule has 3 heteroatoms. The lowest BCUT2D eigenvalue weighted by Crippen LogP contribution is -1.92. The number of halogens is 1. The number of aromatic nitrogens is 1. The fraction of sp³-hybridized carbons (Fsp3) is 0. The average molecular weight is 462 g/mol. The molecule has 0 aliphatic carbocycles. The van der Waals surface area contributed by atoms with Gasteiger partial charge in [-0.1, -0.05) is 48.2 Å². The Morgan fingerprint density at radius 3 is 2.42 bits per heavy atom. The van der Waals surface area contributed by atoms with Crippen LogP contribution in [0.5, 0.6) is 0 Å². The highest BCUT2D eigenvalue weighted by molar-refractivity contribution is 9.10. The molecule has 146 valence electrons. The van der Waals surface area contributed by atoms with Gasteiger partial charge in [0.05, 0.1) is 17.3 Å². The Bertz CT molecular complexity index is 1640. The van der Waals surface area contributed by atoms with Gasteiger partial charge in [-0.2, -0.15) is 0 Å². The van der Waals surface area contributed by atoms with Crippen LogP contribution in [0.15, 0.2) is 106 Å². The molecular formula is C28H16BrNO. The van der Waals surface area contributed by atoms with E-state index in [4.69, 9.17) is 4.42 Å². The fourth-order valence-corrected chi connectivity index (χ4v) is 4.58. The van der Waals surface area contributed by atoms with E-state index in [1.54, 1.807) is 6.26 Å². The lowest BCUT2D eigenvalue weighted by molar-refractivity contribution is 0.616. The van der Waals surface area contributed by atoms with Crippen LogP contribution in [0.25, 0.3) is 38.5 Å². The monoisotopic (exact) mass is 461 g/mol. The molecule has 2 aromatic heterocycles. The Kier molecular flexibility index (Phi) is 4.19. The first-order chi connectivity index (χ1) is 15.3. The van der Waals surface area contributed by atoms with Crippen molar-refractivity contribution in [3.05, 3.63) is 113 Å². The Balaban J connectivity index is 1.52. The van der Waals surface area contributed by atoms with Crippen LogP contribution in [0.4, 0.5) is 0 Å². The van der Waals surface area contributed by atoms with E-state index >= 15 is 0 Å². The van der Waals surface area contributed by atoms with E-state index in [2.05, 4.69) is 99.1 Å². The highest BCUT2D eigenvalue weighted by Crippen LogP contribution is 2.32. The van der Waals surface area contributed by atoms with Crippen molar-refractivity contribution in [3.8, 4) is 17.5 Å². The van der Waals surface area contributed by atoms with Crippen molar-refractivity contribution in [3.63, 3.8) is 0 Å². The molecule has 31 heavy (non-hydrogen) atoms. The van der Waals surface area contributed by atoms with E-state index in [1.807, 2.05) is 24.3 Å². The zero-order chi connectivity index (χ0) is 20.8. The van der Waals surface area contributed by atoms with E-state index in [9.17, 15) is 0 Å². The summed E-state index contributed by atoms with van der Waals surface area (Å²) in [5.41, 5.74) is 6.26. The largest absolute Gasteiger partial charge is 0.464 e. The molecule has 0 fully saturated rings. The minimum Gasteiger partial charge on any atom is -0.464 e. The van der Waals surface area contributed by atoms with Crippen LogP contribution in [0, 0.1) is 11.8 Å². The van der Waals surface area contributed by atoms with E-state index in [-0.39, 0.29) is 0 Å². The first kappa shape index (κ1) is 18.1. The van der Waals surface area contributed by atoms with Crippen molar-refractivity contribution in [1.29, 1.82) is 0 Å². The van der Waals surface area contributed by atoms with Crippen LogP contribution in [0.3, 0.4) is 0 Å². The summed E-state index contributed by atoms with van der Waals surface area (Å²) in [4.78, 5) is 0. The standard InChI is InChI=1S/C28H16BrNO/c29-25-17-21-14-15-31-28(21)18-20(25)12-10-19-11-13-27-24(16-19)23-8-4-5-9-26(23)30(27)22-6-2-1-3-7-22/h1-9,11,13-18H. The van der Waals surface area contributed by atoms with Crippen molar-refractivity contribution < 1.29 is 4.42 Å². The molecule has 0 radical (unpaired) electrons. The van der Waals surface area contributed by atoms with Gasteiger partial charge in [0.25, 0.3) is 0 Å². The van der Waals surface area contributed by atoms with Crippen LogP contribution >= 0.6 is 15.9 Å². The Morgan fingerprint density at radius 2 is 1.52 bits per heavy atom. The molecule has 0 spiro atoms. The van der Waals surface area contributed by atoms with Crippen LogP contribution in [-0.4, -0.2) is 4.57 Å². The molecule has 0 aliphatic heterocycles. The third-order valence-electron chi connectivity index (χ3n) is 5.57. The number of furan rings is 1. The van der Waals surface area contributed by atoms with Crippen molar-refractivity contribution >= 4 is 48.7 Å².